The Bertz CT molecular complexity index is 343. The number of hydrogen-bond acceptors (Lipinski definition) is 3. The second-order valence-corrected chi connectivity index (χ2v) is 5.15. The molecule has 2 rings (SSSR count). The van der Waals surface area contributed by atoms with Gasteiger partial charge >= 0.3 is 0 Å². The third kappa shape index (κ3) is 2.68. The summed E-state index contributed by atoms with van der Waals surface area (Å²) in [5, 5.41) is 9.43. The Labute approximate surface area is 103 Å². The standard InChI is InChI=1S/C14H21NO2/c1-12(13-6-4-3-5-7-13)15(2)8-14(9-16)10-17-11-14/h3-7,12,16H,8-11H2,1-2H3. The first-order valence-corrected chi connectivity index (χ1v) is 6.11. The maximum absolute atomic E-state index is 9.43. The number of nitrogens with zero attached hydrogens (tertiary/aromatic N) is 1. The van der Waals surface area contributed by atoms with E-state index >= 15 is 0 Å². The number of hydrogen-bond donors (Lipinski definition) is 1. The van der Waals surface area contributed by atoms with E-state index in [1.54, 1.807) is 0 Å². The van der Waals surface area contributed by atoms with Crippen LogP contribution in [0.3, 0.4) is 0 Å². The summed E-state index contributed by atoms with van der Waals surface area (Å²) in [5.41, 5.74) is 1.26. The average Bonchev–Trinajstić information content (AvgIpc) is 2.33. The van der Waals surface area contributed by atoms with Crippen molar-refractivity contribution in [3.8, 4) is 0 Å². The van der Waals surface area contributed by atoms with Gasteiger partial charge in [0.05, 0.1) is 25.2 Å². The molecule has 94 valence electrons. The quantitative estimate of drug-likeness (QED) is 0.843. The van der Waals surface area contributed by atoms with E-state index in [1.807, 2.05) is 6.07 Å². The third-order valence-electron chi connectivity index (χ3n) is 3.68. The van der Waals surface area contributed by atoms with Crippen molar-refractivity contribution in [3.05, 3.63) is 35.9 Å². The summed E-state index contributed by atoms with van der Waals surface area (Å²) in [6.45, 7) is 4.63. The normalized spacial score (nSPS) is 20.0. The van der Waals surface area contributed by atoms with Gasteiger partial charge in [0.1, 0.15) is 0 Å². The van der Waals surface area contributed by atoms with Gasteiger partial charge in [0, 0.05) is 12.6 Å². The molecule has 0 aromatic heterocycles. The SMILES string of the molecule is CC(c1ccccc1)N(C)CC1(CO)COC1. The minimum Gasteiger partial charge on any atom is -0.396 e. The maximum atomic E-state index is 9.43. The molecule has 0 amide bonds. The lowest BCUT2D eigenvalue weighted by molar-refractivity contribution is -0.149. The van der Waals surface area contributed by atoms with Crippen LogP contribution >= 0.6 is 0 Å². The molecule has 1 saturated heterocycles. The fourth-order valence-electron chi connectivity index (χ4n) is 2.28. The monoisotopic (exact) mass is 235 g/mol. The van der Waals surface area contributed by atoms with Gasteiger partial charge in [0.15, 0.2) is 0 Å². The van der Waals surface area contributed by atoms with Gasteiger partial charge < -0.3 is 9.84 Å². The summed E-state index contributed by atoms with van der Waals surface area (Å²) in [4.78, 5) is 2.29. The van der Waals surface area contributed by atoms with E-state index in [-0.39, 0.29) is 12.0 Å². The van der Waals surface area contributed by atoms with Gasteiger partial charge in [-0.05, 0) is 19.5 Å². The molecule has 1 aliphatic heterocycles. The minimum absolute atomic E-state index is 0.0439. The summed E-state index contributed by atoms with van der Waals surface area (Å²) < 4.78 is 5.23. The Morgan fingerprint density at radius 1 is 1.35 bits per heavy atom. The molecular weight excluding hydrogens is 214 g/mol. The minimum atomic E-state index is -0.0439. The van der Waals surface area contributed by atoms with Crippen LogP contribution < -0.4 is 0 Å². The van der Waals surface area contributed by atoms with Crippen LogP contribution in [0.1, 0.15) is 18.5 Å². The fraction of sp³-hybridized carbons (Fsp3) is 0.571. The van der Waals surface area contributed by atoms with E-state index < -0.39 is 0 Å². The smallest absolute Gasteiger partial charge is 0.0579 e. The van der Waals surface area contributed by atoms with E-state index in [9.17, 15) is 5.11 Å². The molecule has 1 aliphatic rings. The zero-order valence-electron chi connectivity index (χ0n) is 10.6. The van der Waals surface area contributed by atoms with Crippen LogP contribution in [0.2, 0.25) is 0 Å². The van der Waals surface area contributed by atoms with E-state index in [2.05, 4.69) is 43.1 Å². The summed E-state index contributed by atoms with van der Waals surface area (Å²) in [6.07, 6.45) is 0. The largest absolute Gasteiger partial charge is 0.396 e. The summed E-state index contributed by atoms with van der Waals surface area (Å²) in [6, 6.07) is 10.8. The number of rotatable bonds is 5. The molecule has 0 radical (unpaired) electrons. The Balaban J connectivity index is 1.98. The van der Waals surface area contributed by atoms with Gasteiger partial charge in [0.2, 0.25) is 0 Å². The van der Waals surface area contributed by atoms with Crippen molar-refractivity contribution < 1.29 is 9.84 Å². The van der Waals surface area contributed by atoms with Gasteiger partial charge in [-0.2, -0.15) is 0 Å². The maximum Gasteiger partial charge on any atom is 0.0579 e. The van der Waals surface area contributed by atoms with Crippen LogP contribution in [0.25, 0.3) is 0 Å². The summed E-state index contributed by atoms with van der Waals surface area (Å²) in [7, 11) is 2.10. The molecule has 0 aliphatic carbocycles. The highest BCUT2D eigenvalue weighted by atomic mass is 16.5. The summed E-state index contributed by atoms with van der Waals surface area (Å²) in [5.74, 6) is 0. The van der Waals surface area contributed by atoms with Crippen molar-refractivity contribution in [3.63, 3.8) is 0 Å². The van der Waals surface area contributed by atoms with Gasteiger partial charge in [0.25, 0.3) is 0 Å². The first-order valence-electron chi connectivity index (χ1n) is 6.11. The molecule has 1 N–H and O–H groups in total. The highest BCUT2D eigenvalue weighted by Crippen LogP contribution is 2.30. The molecule has 3 heteroatoms. The number of aliphatic hydroxyl groups is 1. The first kappa shape index (κ1) is 12.6. The van der Waals surface area contributed by atoms with Gasteiger partial charge in [-0.3, -0.25) is 4.90 Å². The zero-order valence-corrected chi connectivity index (χ0v) is 10.6. The molecule has 1 aromatic rings. The van der Waals surface area contributed by atoms with Gasteiger partial charge in [-0.15, -0.1) is 0 Å². The fourth-order valence-corrected chi connectivity index (χ4v) is 2.28. The first-order chi connectivity index (χ1) is 8.17. The molecule has 0 saturated carbocycles. The van der Waals surface area contributed by atoms with E-state index in [1.165, 1.54) is 5.56 Å². The predicted molar refractivity (Wildman–Crippen MR) is 67.8 cm³/mol. The molecule has 17 heavy (non-hydrogen) atoms. The molecule has 0 spiro atoms. The van der Waals surface area contributed by atoms with Gasteiger partial charge in [-0.25, -0.2) is 0 Å². The molecule has 1 fully saturated rings. The molecule has 1 unspecified atom stereocenters. The Hall–Kier alpha value is -0.900. The van der Waals surface area contributed by atoms with Crippen molar-refractivity contribution >= 4 is 0 Å². The predicted octanol–water partition coefficient (Wildman–Crippen LogP) is 1.69. The summed E-state index contributed by atoms with van der Waals surface area (Å²) >= 11 is 0. The van der Waals surface area contributed by atoms with E-state index in [0.29, 0.717) is 19.3 Å². The highest BCUT2D eigenvalue weighted by molar-refractivity contribution is 5.18. The van der Waals surface area contributed by atoms with Crippen LogP contribution in [0, 0.1) is 5.41 Å². The third-order valence-corrected chi connectivity index (χ3v) is 3.68. The topological polar surface area (TPSA) is 32.7 Å². The number of benzene rings is 1. The highest BCUT2D eigenvalue weighted by Gasteiger charge is 2.39. The zero-order chi connectivity index (χ0) is 12.3. The number of ether oxygens (including phenoxy) is 1. The van der Waals surface area contributed by atoms with Crippen LogP contribution in [0.5, 0.6) is 0 Å². The van der Waals surface area contributed by atoms with Crippen LogP contribution in [0.4, 0.5) is 0 Å². The molecular formula is C14H21NO2. The lowest BCUT2D eigenvalue weighted by atomic mass is 9.86. The van der Waals surface area contributed by atoms with Crippen LogP contribution in [-0.4, -0.2) is 43.4 Å². The average molecular weight is 235 g/mol. The van der Waals surface area contributed by atoms with E-state index in [4.69, 9.17) is 4.74 Å². The Morgan fingerprint density at radius 2 is 2.00 bits per heavy atom. The molecule has 0 bridgehead atoms. The molecule has 1 aromatic carbocycles. The van der Waals surface area contributed by atoms with Crippen LogP contribution in [-0.2, 0) is 4.74 Å². The molecule has 1 atom stereocenters. The second-order valence-electron chi connectivity index (χ2n) is 5.15. The second kappa shape index (κ2) is 5.17. The Morgan fingerprint density at radius 3 is 2.47 bits per heavy atom. The molecule has 1 heterocycles. The van der Waals surface area contributed by atoms with Crippen molar-refractivity contribution in [1.29, 1.82) is 0 Å². The lowest BCUT2D eigenvalue weighted by Crippen LogP contribution is -2.52. The van der Waals surface area contributed by atoms with Crippen molar-refractivity contribution in [2.75, 3.05) is 33.4 Å². The van der Waals surface area contributed by atoms with Gasteiger partial charge in [-0.1, -0.05) is 30.3 Å². The lowest BCUT2D eigenvalue weighted by Gasteiger charge is -2.43. The number of aliphatic hydroxyl groups excluding tert-OH is 1. The van der Waals surface area contributed by atoms with Crippen molar-refractivity contribution in [1.82, 2.24) is 4.90 Å². The van der Waals surface area contributed by atoms with Crippen molar-refractivity contribution in [2.24, 2.45) is 5.41 Å². The van der Waals surface area contributed by atoms with Crippen LogP contribution in [0.15, 0.2) is 30.3 Å². The van der Waals surface area contributed by atoms with E-state index in [0.717, 1.165) is 6.54 Å². The Kier molecular flexibility index (Phi) is 3.82. The molecule has 3 nitrogen and oxygen atoms in total. The van der Waals surface area contributed by atoms with Crippen molar-refractivity contribution in [2.45, 2.75) is 13.0 Å².